The Morgan fingerprint density at radius 2 is 1.75 bits per heavy atom. The minimum Gasteiger partial charge on any atom is -0.456 e. The molecule has 4 aromatic rings. The van der Waals surface area contributed by atoms with E-state index in [4.69, 9.17) is 13.9 Å². The summed E-state index contributed by atoms with van der Waals surface area (Å²) >= 11 is 0. The molecular weight excluding hydrogens is 256 g/mol. The molecule has 0 atom stereocenters. The van der Waals surface area contributed by atoms with Crippen LogP contribution in [0.3, 0.4) is 0 Å². The zero-order chi connectivity index (χ0) is 13.7. The van der Waals surface area contributed by atoms with Gasteiger partial charge in [-0.2, -0.15) is 0 Å². The Balaban J connectivity index is 2.18. The van der Waals surface area contributed by atoms with E-state index < -0.39 is 5.63 Å². The molecule has 0 spiro atoms. The molecule has 20 heavy (non-hydrogen) atoms. The fourth-order valence-corrected chi connectivity index (χ4v) is 2.49. The Morgan fingerprint density at radius 1 is 0.900 bits per heavy atom. The number of aliphatic hydroxyl groups is 1. The van der Waals surface area contributed by atoms with Gasteiger partial charge in [-0.25, -0.2) is 4.79 Å². The summed E-state index contributed by atoms with van der Waals surface area (Å²) < 4.78 is 11.0. The van der Waals surface area contributed by atoms with Crippen LogP contribution in [0.2, 0.25) is 0 Å². The molecule has 0 saturated heterocycles. The molecule has 0 bridgehead atoms. The number of benzene rings is 2. The first-order chi connectivity index (χ1) is 9.76. The van der Waals surface area contributed by atoms with Crippen molar-refractivity contribution in [3.05, 3.63) is 58.4 Å². The van der Waals surface area contributed by atoms with E-state index in [1.165, 1.54) is 0 Å². The van der Waals surface area contributed by atoms with Crippen LogP contribution in [0.15, 0.2) is 56.1 Å². The van der Waals surface area contributed by atoms with Gasteiger partial charge in [0, 0.05) is 22.2 Å². The van der Waals surface area contributed by atoms with Gasteiger partial charge in [-0.1, -0.05) is 18.2 Å². The highest BCUT2D eigenvalue weighted by Crippen LogP contribution is 2.31. The predicted molar refractivity (Wildman–Crippen MR) is 75.7 cm³/mol. The third-order valence-electron chi connectivity index (χ3n) is 3.47. The molecule has 0 radical (unpaired) electrons. The molecule has 0 aliphatic carbocycles. The molecule has 98 valence electrons. The first-order valence-corrected chi connectivity index (χ1v) is 6.25. The van der Waals surface area contributed by atoms with Gasteiger partial charge >= 0.3 is 5.63 Å². The number of fused-ring (bicyclic) bond motifs is 4. The molecule has 0 fully saturated rings. The molecule has 1 N–H and O–H groups in total. The number of rotatable bonds is 1. The largest absolute Gasteiger partial charge is 0.456 e. The Kier molecular flexibility index (Phi) is 2.22. The van der Waals surface area contributed by atoms with E-state index >= 15 is 0 Å². The van der Waals surface area contributed by atoms with E-state index in [9.17, 15) is 4.79 Å². The molecule has 0 aliphatic rings. The average Bonchev–Trinajstić information content (AvgIpc) is 2.81. The maximum absolute atomic E-state index is 11.6. The lowest BCUT2D eigenvalue weighted by molar-refractivity contribution is 0.276. The fraction of sp³-hybridized carbons (Fsp3) is 0.0625. The van der Waals surface area contributed by atoms with Crippen molar-refractivity contribution in [3.63, 3.8) is 0 Å². The van der Waals surface area contributed by atoms with Crippen LogP contribution in [-0.2, 0) is 6.61 Å². The van der Waals surface area contributed by atoms with Gasteiger partial charge in [0.1, 0.15) is 16.7 Å². The average molecular weight is 266 g/mol. The highest BCUT2D eigenvalue weighted by molar-refractivity contribution is 6.09. The second-order valence-corrected chi connectivity index (χ2v) is 4.70. The quantitative estimate of drug-likeness (QED) is 0.537. The summed E-state index contributed by atoms with van der Waals surface area (Å²) in [5.41, 5.74) is 1.67. The molecule has 4 nitrogen and oxygen atoms in total. The van der Waals surface area contributed by atoms with E-state index in [1.54, 1.807) is 12.1 Å². The van der Waals surface area contributed by atoms with Crippen molar-refractivity contribution in [1.82, 2.24) is 0 Å². The topological polar surface area (TPSA) is 63.6 Å². The van der Waals surface area contributed by atoms with Gasteiger partial charge in [-0.15, -0.1) is 0 Å². The van der Waals surface area contributed by atoms with Crippen molar-refractivity contribution in [2.24, 2.45) is 0 Å². The SMILES string of the molecule is O=c1oc2cc3oc4ccccc4c3cc2cc1CO. The normalized spacial score (nSPS) is 11.7. The van der Waals surface area contributed by atoms with E-state index in [2.05, 4.69) is 0 Å². The fourth-order valence-electron chi connectivity index (χ4n) is 2.49. The van der Waals surface area contributed by atoms with Crippen LogP contribution in [0, 0.1) is 0 Å². The first kappa shape index (κ1) is 11.3. The van der Waals surface area contributed by atoms with Crippen molar-refractivity contribution in [1.29, 1.82) is 0 Å². The van der Waals surface area contributed by atoms with Gasteiger partial charge in [-0.05, 0) is 18.2 Å². The molecule has 2 heterocycles. The van der Waals surface area contributed by atoms with Gasteiger partial charge in [-0.3, -0.25) is 0 Å². The summed E-state index contributed by atoms with van der Waals surface area (Å²) in [7, 11) is 0. The first-order valence-electron chi connectivity index (χ1n) is 6.25. The summed E-state index contributed by atoms with van der Waals surface area (Å²) in [4.78, 5) is 11.6. The summed E-state index contributed by atoms with van der Waals surface area (Å²) in [6.45, 7) is -0.331. The van der Waals surface area contributed by atoms with E-state index in [-0.39, 0.29) is 12.2 Å². The van der Waals surface area contributed by atoms with Crippen molar-refractivity contribution < 1.29 is 13.9 Å². The molecule has 0 unspecified atom stereocenters. The van der Waals surface area contributed by atoms with Crippen LogP contribution in [0.4, 0.5) is 0 Å². The minimum absolute atomic E-state index is 0.254. The molecule has 0 aliphatic heterocycles. The van der Waals surface area contributed by atoms with Crippen LogP contribution in [0.25, 0.3) is 32.9 Å². The molecule has 4 heteroatoms. The standard InChI is InChI=1S/C16H10O4/c17-8-10-5-9-6-12-11-3-1-2-4-13(11)19-15(12)7-14(9)20-16(10)18/h1-7,17H,8H2. The highest BCUT2D eigenvalue weighted by atomic mass is 16.4. The lowest BCUT2D eigenvalue weighted by atomic mass is 10.1. The monoisotopic (exact) mass is 266 g/mol. The van der Waals surface area contributed by atoms with Crippen LogP contribution in [-0.4, -0.2) is 5.11 Å². The molecule has 2 aromatic carbocycles. The predicted octanol–water partition coefficient (Wildman–Crippen LogP) is 3.18. The van der Waals surface area contributed by atoms with Crippen molar-refractivity contribution in [3.8, 4) is 0 Å². The maximum atomic E-state index is 11.6. The number of aliphatic hydroxyl groups excluding tert-OH is 1. The molecular formula is C16H10O4. The highest BCUT2D eigenvalue weighted by Gasteiger charge is 2.10. The molecule has 4 rings (SSSR count). The van der Waals surface area contributed by atoms with Crippen LogP contribution in [0.1, 0.15) is 5.56 Å². The van der Waals surface area contributed by atoms with Crippen LogP contribution in [0.5, 0.6) is 0 Å². The zero-order valence-corrected chi connectivity index (χ0v) is 10.4. The zero-order valence-electron chi connectivity index (χ0n) is 10.4. The summed E-state index contributed by atoms with van der Waals surface area (Å²) in [6.07, 6.45) is 0. The second-order valence-electron chi connectivity index (χ2n) is 4.70. The van der Waals surface area contributed by atoms with Crippen LogP contribution < -0.4 is 5.63 Å². The lowest BCUT2D eigenvalue weighted by Crippen LogP contribution is -2.06. The Hall–Kier alpha value is -2.59. The smallest absolute Gasteiger partial charge is 0.341 e. The number of para-hydroxylation sites is 1. The maximum Gasteiger partial charge on any atom is 0.341 e. The summed E-state index contributed by atoms with van der Waals surface area (Å²) in [6, 6.07) is 13.0. The molecule has 0 amide bonds. The lowest BCUT2D eigenvalue weighted by Gasteiger charge is -1.99. The van der Waals surface area contributed by atoms with Crippen molar-refractivity contribution in [2.45, 2.75) is 6.61 Å². The molecule has 2 aromatic heterocycles. The number of hydrogen-bond acceptors (Lipinski definition) is 4. The van der Waals surface area contributed by atoms with Gasteiger partial charge < -0.3 is 13.9 Å². The Morgan fingerprint density at radius 3 is 2.60 bits per heavy atom. The van der Waals surface area contributed by atoms with Gasteiger partial charge in [0.15, 0.2) is 0 Å². The van der Waals surface area contributed by atoms with Gasteiger partial charge in [0.05, 0.1) is 12.2 Å². The second kappa shape index (κ2) is 3.95. The summed E-state index contributed by atoms with van der Waals surface area (Å²) in [5.74, 6) is 0. The van der Waals surface area contributed by atoms with E-state index in [0.29, 0.717) is 11.2 Å². The van der Waals surface area contributed by atoms with Gasteiger partial charge in [0.2, 0.25) is 0 Å². The molecule has 0 saturated carbocycles. The minimum atomic E-state index is -0.518. The Labute approximate surface area is 112 Å². The third-order valence-corrected chi connectivity index (χ3v) is 3.47. The summed E-state index contributed by atoms with van der Waals surface area (Å²) in [5, 5.41) is 11.9. The van der Waals surface area contributed by atoms with E-state index in [1.807, 2.05) is 30.3 Å². The van der Waals surface area contributed by atoms with Crippen molar-refractivity contribution >= 4 is 32.9 Å². The van der Waals surface area contributed by atoms with E-state index in [0.717, 1.165) is 21.7 Å². The van der Waals surface area contributed by atoms with Gasteiger partial charge in [0.25, 0.3) is 0 Å². The van der Waals surface area contributed by atoms with Crippen molar-refractivity contribution in [2.75, 3.05) is 0 Å². The number of hydrogen-bond donors (Lipinski definition) is 1. The number of furan rings is 1. The Bertz CT molecular complexity index is 1010. The van der Waals surface area contributed by atoms with Crippen LogP contribution >= 0.6 is 0 Å². The third kappa shape index (κ3) is 1.49.